The van der Waals surface area contributed by atoms with Crippen molar-refractivity contribution in [3.8, 4) is 16.9 Å². The SMILES string of the molecule is Oc1cccc(-c2cccc3c(Nc4ccccc4)nccc23)c1. The molecule has 0 aliphatic rings. The van der Waals surface area contributed by atoms with Gasteiger partial charge in [-0.15, -0.1) is 0 Å². The van der Waals surface area contributed by atoms with Crippen molar-refractivity contribution in [2.24, 2.45) is 0 Å². The molecule has 0 unspecified atom stereocenters. The molecule has 0 aliphatic carbocycles. The van der Waals surface area contributed by atoms with Gasteiger partial charge in [0.15, 0.2) is 0 Å². The number of aromatic nitrogens is 1. The van der Waals surface area contributed by atoms with Crippen molar-refractivity contribution in [3.63, 3.8) is 0 Å². The normalized spacial score (nSPS) is 10.7. The van der Waals surface area contributed by atoms with Crippen LogP contribution >= 0.6 is 0 Å². The highest BCUT2D eigenvalue weighted by atomic mass is 16.3. The molecule has 3 heteroatoms. The van der Waals surface area contributed by atoms with Crippen molar-refractivity contribution in [1.29, 1.82) is 0 Å². The Morgan fingerprint density at radius 1 is 0.750 bits per heavy atom. The number of anilines is 2. The van der Waals surface area contributed by atoms with Crippen molar-refractivity contribution >= 4 is 22.3 Å². The fourth-order valence-electron chi connectivity index (χ4n) is 2.89. The van der Waals surface area contributed by atoms with E-state index in [-0.39, 0.29) is 5.75 Å². The first-order valence-electron chi connectivity index (χ1n) is 7.80. The largest absolute Gasteiger partial charge is 0.508 e. The maximum absolute atomic E-state index is 9.77. The van der Waals surface area contributed by atoms with Gasteiger partial charge in [-0.05, 0) is 46.8 Å². The van der Waals surface area contributed by atoms with Crippen molar-refractivity contribution in [2.75, 3.05) is 5.32 Å². The summed E-state index contributed by atoms with van der Waals surface area (Å²) in [5, 5.41) is 15.3. The number of nitrogens with one attached hydrogen (secondary N) is 1. The van der Waals surface area contributed by atoms with Gasteiger partial charge in [-0.3, -0.25) is 0 Å². The minimum absolute atomic E-state index is 0.265. The molecule has 0 bridgehead atoms. The molecule has 0 radical (unpaired) electrons. The Hall–Kier alpha value is -3.33. The topological polar surface area (TPSA) is 45.1 Å². The number of hydrogen-bond acceptors (Lipinski definition) is 3. The van der Waals surface area contributed by atoms with Crippen LogP contribution in [0.25, 0.3) is 21.9 Å². The highest BCUT2D eigenvalue weighted by molar-refractivity contribution is 6.02. The van der Waals surface area contributed by atoms with E-state index >= 15 is 0 Å². The molecular formula is C21H16N2O. The lowest BCUT2D eigenvalue weighted by Crippen LogP contribution is -1.94. The molecule has 0 atom stereocenters. The first-order valence-corrected chi connectivity index (χ1v) is 7.80. The monoisotopic (exact) mass is 312 g/mol. The summed E-state index contributed by atoms with van der Waals surface area (Å²) in [5.74, 6) is 1.09. The summed E-state index contributed by atoms with van der Waals surface area (Å²) >= 11 is 0. The summed E-state index contributed by atoms with van der Waals surface area (Å²) in [7, 11) is 0. The number of phenols is 1. The van der Waals surface area contributed by atoms with Crippen molar-refractivity contribution in [2.45, 2.75) is 0 Å². The van der Waals surface area contributed by atoms with Crippen molar-refractivity contribution in [1.82, 2.24) is 4.98 Å². The standard InChI is InChI=1S/C21H16N2O/c24-17-9-4-6-15(14-17)18-10-5-11-20-19(18)12-13-22-21(20)23-16-7-2-1-3-8-16/h1-14,24H,(H,22,23). The predicted octanol–water partition coefficient (Wildman–Crippen LogP) is 5.35. The molecule has 24 heavy (non-hydrogen) atoms. The van der Waals surface area contributed by atoms with E-state index in [2.05, 4.69) is 22.4 Å². The van der Waals surface area contributed by atoms with Crippen LogP contribution in [0.15, 0.2) is 85.1 Å². The van der Waals surface area contributed by atoms with E-state index in [0.717, 1.165) is 33.4 Å². The molecule has 0 spiro atoms. The molecule has 2 N–H and O–H groups in total. The molecule has 4 rings (SSSR count). The molecule has 3 aromatic carbocycles. The number of nitrogens with zero attached hydrogens (tertiary/aromatic N) is 1. The molecule has 4 aromatic rings. The number of benzene rings is 3. The molecule has 1 heterocycles. The third-order valence-electron chi connectivity index (χ3n) is 4.00. The number of aromatic hydroxyl groups is 1. The molecule has 116 valence electrons. The minimum atomic E-state index is 0.265. The van der Waals surface area contributed by atoms with Crippen LogP contribution in [0.5, 0.6) is 5.75 Å². The van der Waals surface area contributed by atoms with Gasteiger partial charge in [0.1, 0.15) is 11.6 Å². The first kappa shape index (κ1) is 14.3. The van der Waals surface area contributed by atoms with E-state index in [1.807, 2.05) is 54.6 Å². The number of fused-ring (bicyclic) bond motifs is 1. The number of rotatable bonds is 3. The zero-order valence-corrected chi connectivity index (χ0v) is 13.0. The van der Waals surface area contributed by atoms with E-state index in [1.54, 1.807) is 18.3 Å². The number of hydrogen-bond donors (Lipinski definition) is 2. The van der Waals surface area contributed by atoms with E-state index in [4.69, 9.17) is 0 Å². The molecule has 1 aromatic heterocycles. The van der Waals surface area contributed by atoms with Crippen LogP contribution in [0.1, 0.15) is 0 Å². The van der Waals surface area contributed by atoms with E-state index in [0.29, 0.717) is 0 Å². The lowest BCUT2D eigenvalue weighted by atomic mass is 9.99. The highest BCUT2D eigenvalue weighted by Crippen LogP contribution is 2.33. The zero-order chi connectivity index (χ0) is 16.4. The number of phenolic OH excluding ortho intramolecular Hbond substituents is 1. The fourth-order valence-corrected chi connectivity index (χ4v) is 2.89. The van der Waals surface area contributed by atoms with E-state index in [9.17, 15) is 5.11 Å². The molecule has 0 saturated heterocycles. The smallest absolute Gasteiger partial charge is 0.138 e. The van der Waals surface area contributed by atoms with E-state index in [1.165, 1.54) is 0 Å². The fraction of sp³-hybridized carbons (Fsp3) is 0. The molecule has 0 amide bonds. The third-order valence-corrected chi connectivity index (χ3v) is 4.00. The Morgan fingerprint density at radius 2 is 1.58 bits per heavy atom. The highest BCUT2D eigenvalue weighted by Gasteiger charge is 2.08. The van der Waals surface area contributed by atoms with Gasteiger partial charge >= 0.3 is 0 Å². The molecule has 0 aliphatic heterocycles. The summed E-state index contributed by atoms with van der Waals surface area (Å²) in [6, 6.07) is 25.4. The average Bonchev–Trinajstić information content (AvgIpc) is 2.62. The molecular weight excluding hydrogens is 296 g/mol. The lowest BCUT2D eigenvalue weighted by molar-refractivity contribution is 0.475. The van der Waals surface area contributed by atoms with Gasteiger partial charge < -0.3 is 10.4 Å². The number of pyridine rings is 1. The second-order valence-electron chi connectivity index (χ2n) is 5.60. The van der Waals surface area contributed by atoms with Crippen LogP contribution in [0.2, 0.25) is 0 Å². The summed E-state index contributed by atoms with van der Waals surface area (Å²) < 4.78 is 0. The van der Waals surface area contributed by atoms with Crippen molar-refractivity contribution in [3.05, 3.63) is 85.1 Å². The van der Waals surface area contributed by atoms with Gasteiger partial charge in [0.25, 0.3) is 0 Å². The van der Waals surface area contributed by atoms with Gasteiger partial charge in [0.05, 0.1) is 0 Å². The van der Waals surface area contributed by atoms with Crippen LogP contribution in [0, 0.1) is 0 Å². The van der Waals surface area contributed by atoms with Crippen LogP contribution < -0.4 is 5.32 Å². The predicted molar refractivity (Wildman–Crippen MR) is 98.6 cm³/mol. The Balaban J connectivity index is 1.86. The van der Waals surface area contributed by atoms with E-state index < -0.39 is 0 Å². The van der Waals surface area contributed by atoms with Gasteiger partial charge in [-0.2, -0.15) is 0 Å². The summed E-state index contributed by atoms with van der Waals surface area (Å²) in [5.41, 5.74) is 3.06. The summed E-state index contributed by atoms with van der Waals surface area (Å²) in [6.07, 6.45) is 1.81. The number of para-hydroxylation sites is 1. The first-order chi connectivity index (χ1) is 11.8. The van der Waals surface area contributed by atoms with Crippen LogP contribution in [0.4, 0.5) is 11.5 Å². The van der Waals surface area contributed by atoms with Gasteiger partial charge in [-0.1, -0.05) is 48.5 Å². The Morgan fingerprint density at radius 3 is 2.42 bits per heavy atom. The molecule has 0 saturated carbocycles. The van der Waals surface area contributed by atoms with Gasteiger partial charge in [0, 0.05) is 17.3 Å². The van der Waals surface area contributed by atoms with Crippen molar-refractivity contribution < 1.29 is 5.11 Å². The summed E-state index contributed by atoms with van der Waals surface area (Å²) in [6.45, 7) is 0. The second-order valence-corrected chi connectivity index (χ2v) is 5.60. The van der Waals surface area contributed by atoms with Crippen LogP contribution in [-0.4, -0.2) is 10.1 Å². The van der Waals surface area contributed by atoms with Crippen LogP contribution in [0.3, 0.4) is 0 Å². The molecule has 3 nitrogen and oxygen atoms in total. The lowest BCUT2D eigenvalue weighted by Gasteiger charge is -2.12. The maximum Gasteiger partial charge on any atom is 0.138 e. The second kappa shape index (κ2) is 6.05. The summed E-state index contributed by atoms with van der Waals surface area (Å²) in [4.78, 5) is 4.49. The van der Waals surface area contributed by atoms with Crippen LogP contribution in [-0.2, 0) is 0 Å². The average molecular weight is 312 g/mol. The van der Waals surface area contributed by atoms with Gasteiger partial charge in [0.2, 0.25) is 0 Å². The Bertz CT molecular complexity index is 997. The maximum atomic E-state index is 9.77. The zero-order valence-electron chi connectivity index (χ0n) is 13.0. The Labute approximate surface area is 140 Å². The Kier molecular flexibility index (Phi) is 3.60. The van der Waals surface area contributed by atoms with Gasteiger partial charge in [-0.25, -0.2) is 4.98 Å². The third kappa shape index (κ3) is 2.68. The minimum Gasteiger partial charge on any atom is -0.508 e. The quantitative estimate of drug-likeness (QED) is 0.536. The molecule has 0 fully saturated rings.